The highest BCUT2D eigenvalue weighted by molar-refractivity contribution is 6.12. The molecule has 0 radical (unpaired) electrons. The van der Waals surface area contributed by atoms with Crippen LogP contribution in [0.2, 0.25) is 0 Å². The average molecular weight is 765 g/mol. The molecule has 1 unspecified atom stereocenters. The van der Waals surface area contributed by atoms with E-state index in [1.165, 1.54) is 154 Å². The molecule has 0 heterocycles. The van der Waals surface area contributed by atoms with Gasteiger partial charge in [0.2, 0.25) is 0 Å². The van der Waals surface area contributed by atoms with Gasteiger partial charge in [-0.15, -0.1) is 0 Å². The van der Waals surface area contributed by atoms with Gasteiger partial charge < -0.3 is 14.9 Å². The van der Waals surface area contributed by atoms with Gasteiger partial charge in [-0.2, -0.15) is 0 Å². The third-order valence-electron chi connectivity index (χ3n) is 11.5. The molecule has 2 N–H and O–H groups in total. The minimum atomic E-state index is -2.31. The standard InChI is InChI=1S/C48H92O6/c1-4-7-10-13-16-19-22-25-28-31-34-37-40-44(50)48(46(52)43-49,45(51)41-38-35-32-29-26-23-20-17-14-11-8-5-2)54-47(53)42-39-36-33-30-27-24-21-18-15-12-9-6-3/h46,49,52H,4-43H2,1-3H3. The Bertz CT molecular complexity index is 801. The zero-order chi connectivity index (χ0) is 39.8. The second kappa shape index (κ2) is 39.9. The summed E-state index contributed by atoms with van der Waals surface area (Å²) in [6.07, 6.45) is 40.4. The van der Waals surface area contributed by atoms with Crippen molar-refractivity contribution in [2.24, 2.45) is 0 Å². The highest BCUT2D eigenvalue weighted by Gasteiger charge is 2.53. The Kier molecular flexibility index (Phi) is 39.0. The fourth-order valence-corrected chi connectivity index (χ4v) is 7.80. The molecule has 0 saturated carbocycles. The van der Waals surface area contributed by atoms with Gasteiger partial charge >= 0.3 is 5.97 Å². The molecule has 0 amide bonds. The van der Waals surface area contributed by atoms with E-state index in [9.17, 15) is 24.6 Å². The van der Waals surface area contributed by atoms with E-state index in [0.29, 0.717) is 19.3 Å². The molecular formula is C48H92O6. The van der Waals surface area contributed by atoms with Crippen molar-refractivity contribution in [2.45, 2.75) is 283 Å². The molecule has 0 aromatic rings. The molecule has 0 aromatic heterocycles. The maximum absolute atomic E-state index is 13.8. The molecule has 0 rings (SSSR count). The maximum Gasteiger partial charge on any atom is 0.307 e. The van der Waals surface area contributed by atoms with Gasteiger partial charge in [0, 0.05) is 19.3 Å². The Labute approximate surface area is 335 Å². The van der Waals surface area contributed by atoms with Crippen LogP contribution in [-0.4, -0.2) is 46.1 Å². The minimum absolute atomic E-state index is 0.0601. The first-order valence-corrected chi connectivity index (χ1v) is 24.0. The summed E-state index contributed by atoms with van der Waals surface area (Å²) in [6, 6.07) is 0. The second-order valence-electron chi connectivity index (χ2n) is 16.7. The molecule has 6 nitrogen and oxygen atoms in total. The molecule has 0 aliphatic carbocycles. The lowest BCUT2D eigenvalue weighted by Crippen LogP contribution is -2.60. The molecule has 54 heavy (non-hydrogen) atoms. The molecule has 320 valence electrons. The smallest absolute Gasteiger partial charge is 0.307 e. The molecular weight excluding hydrogens is 673 g/mol. The summed E-state index contributed by atoms with van der Waals surface area (Å²) in [7, 11) is 0. The third kappa shape index (κ3) is 29.0. The third-order valence-corrected chi connectivity index (χ3v) is 11.5. The predicted molar refractivity (Wildman–Crippen MR) is 229 cm³/mol. The van der Waals surface area contributed by atoms with E-state index in [1.54, 1.807) is 0 Å². The van der Waals surface area contributed by atoms with Crippen molar-refractivity contribution in [3.63, 3.8) is 0 Å². The van der Waals surface area contributed by atoms with Crippen molar-refractivity contribution >= 4 is 17.5 Å². The topological polar surface area (TPSA) is 101 Å². The van der Waals surface area contributed by atoms with Gasteiger partial charge in [0.05, 0.1) is 6.61 Å². The highest BCUT2D eigenvalue weighted by atomic mass is 16.6. The van der Waals surface area contributed by atoms with E-state index in [2.05, 4.69) is 20.8 Å². The van der Waals surface area contributed by atoms with E-state index in [-0.39, 0.29) is 19.3 Å². The number of carbonyl (C=O) groups excluding carboxylic acids is 3. The van der Waals surface area contributed by atoms with E-state index < -0.39 is 35.8 Å². The number of Topliss-reactive ketones (excluding diaryl/α,β-unsaturated/α-hetero) is 2. The van der Waals surface area contributed by atoms with Crippen LogP contribution in [0.4, 0.5) is 0 Å². The molecule has 1 atom stereocenters. The summed E-state index contributed by atoms with van der Waals surface area (Å²) in [6.45, 7) is 5.93. The van der Waals surface area contributed by atoms with Crippen LogP contribution in [0.25, 0.3) is 0 Å². The number of aliphatic hydroxyl groups excluding tert-OH is 2. The van der Waals surface area contributed by atoms with Crippen molar-refractivity contribution < 1.29 is 29.3 Å². The summed E-state index contributed by atoms with van der Waals surface area (Å²) >= 11 is 0. The molecule has 0 fully saturated rings. The largest absolute Gasteiger partial charge is 0.440 e. The average Bonchev–Trinajstić information content (AvgIpc) is 3.17. The van der Waals surface area contributed by atoms with Gasteiger partial charge in [-0.05, 0) is 19.3 Å². The fraction of sp³-hybridized carbons (Fsp3) is 0.938. The molecule has 0 aliphatic rings. The van der Waals surface area contributed by atoms with Gasteiger partial charge in [-0.25, -0.2) is 0 Å². The van der Waals surface area contributed by atoms with Crippen LogP contribution in [0.1, 0.15) is 271 Å². The van der Waals surface area contributed by atoms with Crippen LogP contribution < -0.4 is 0 Å². The Morgan fingerprint density at radius 2 is 0.611 bits per heavy atom. The summed E-state index contributed by atoms with van der Waals surface area (Å²) in [5.41, 5.74) is -2.31. The van der Waals surface area contributed by atoms with Crippen molar-refractivity contribution in [1.82, 2.24) is 0 Å². The minimum Gasteiger partial charge on any atom is -0.440 e. The van der Waals surface area contributed by atoms with Crippen molar-refractivity contribution in [1.29, 1.82) is 0 Å². The Balaban J connectivity index is 4.94. The van der Waals surface area contributed by atoms with Gasteiger partial charge in [0.25, 0.3) is 5.60 Å². The van der Waals surface area contributed by atoms with Gasteiger partial charge in [-0.1, -0.05) is 233 Å². The molecule has 0 aliphatic heterocycles. The number of rotatable bonds is 44. The summed E-state index contributed by atoms with van der Waals surface area (Å²) in [5.74, 6) is -1.73. The summed E-state index contributed by atoms with van der Waals surface area (Å²) in [4.78, 5) is 40.9. The number of carbonyl (C=O) groups is 3. The van der Waals surface area contributed by atoms with E-state index in [4.69, 9.17) is 4.74 Å². The molecule has 6 heteroatoms. The lowest BCUT2D eigenvalue weighted by molar-refractivity contribution is -0.188. The molecule has 0 spiro atoms. The Hall–Kier alpha value is -1.27. The predicted octanol–water partition coefficient (Wildman–Crippen LogP) is 14.0. The summed E-state index contributed by atoms with van der Waals surface area (Å²) in [5, 5.41) is 21.1. The number of aliphatic hydroxyl groups is 2. The lowest BCUT2D eigenvalue weighted by Gasteiger charge is -2.34. The molecule has 0 bridgehead atoms. The van der Waals surface area contributed by atoms with Crippen molar-refractivity contribution in [2.75, 3.05) is 6.61 Å². The van der Waals surface area contributed by atoms with Crippen molar-refractivity contribution in [3.05, 3.63) is 0 Å². The van der Waals surface area contributed by atoms with Crippen molar-refractivity contribution in [3.8, 4) is 0 Å². The first-order valence-electron chi connectivity index (χ1n) is 24.0. The Morgan fingerprint density at radius 3 is 0.852 bits per heavy atom. The second-order valence-corrected chi connectivity index (χ2v) is 16.7. The van der Waals surface area contributed by atoms with Crippen LogP contribution >= 0.6 is 0 Å². The van der Waals surface area contributed by atoms with Crippen LogP contribution in [0, 0.1) is 0 Å². The zero-order valence-corrected chi connectivity index (χ0v) is 36.4. The van der Waals surface area contributed by atoms with Gasteiger partial charge in [0.1, 0.15) is 6.10 Å². The van der Waals surface area contributed by atoms with Crippen LogP contribution in [-0.2, 0) is 19.1 Å². The lowest BCUT2D eigenvalue weighted by atomic mass is 9.82. The number of hydrogen-bond donors (Lipinski definition) is 2. The first kappa shape index (κ1) is 52.7. The fourth-order valence-electron chi connectivity index (χ4n) is 7.80. The SMILES string of the molecule is CCCCCCCCCCCCCCC(=O)OC(C(=O)CCCCCCCCCCCCCC)(C(=O)CCCCCCCCCCCCCC)C(O)CO. The number of esters is 1. The highest BCUT2D eigenvalue weighted by Crippen LogP contribution is 2.28. The van der Waals surface area contributed by atoms with Crippen LogP contribution in [0.15, 0.2) is 0 Å². The number of ketones is 2. The van der Waals surface area contributed by atoms with Gasteiger partial charge in [-0.3, -0.25) is 14.4 Å². The number of hydrogen-bond acceptors (Lipinski definition) is 6. The van der Waals surface area contributed by atoms with Gasteiger partial charge in [0.15, 0.2) is 11.6 Å². The normalized spacial score (nSPS) is 12.3. The van der Waals surface area contributed by atoms with E-state index in [0.717, 1.165) is 57.8 Å². The Morgan fingerprint density at radius 1 is 0.389 bits per heavy atom. The molecule has 0 aromatic carbocycles. The monoisotopic (exact) mass is 765 g/mol. The first-order chi connectivity index (χ1) is 26.4. The zero-order valence-electron chi connectivity index (χ0n) is 36.4. The number of ether oxygens (including phenoxy) is 1. The molecule has 0 saturated heterocycles. The van der Waals surface area contributed by atoms with Crippen LogP contribution in [0.3, 0.4) is 0 Å². The quantitative estimate of drug-likeness (QED) is 0.0364. The number of unbranched alkanes of at least 4 members (excludes halogenated alkanes) is 33. The van der Waals surface area contributed by atoms with E-state index >= 15 is 0 Å². The van der Waals surface area contributed by atoms with Crippen LogP contribution in [0.5, 0.6) is 0 Å². The summed E-state index contributed by atoms with van der Waals surface area (Å²) < 4.78 is 5.78. The van der Waals surface area contributed by atoms with E-state index in [1.807, 2.05) is 0 Å². The maximum atomic E-state index is 13.8.